The molecule has 0 aliphatic carbocycles. The third kappa shape index (κ3) is 12.3. The van der Waals surface area contributed by atoms with Gasteiger partial charge in [-0.1, -0.05) is 32.3 Å². The predicted octanol–water partition coefficient (Wildman–Crippen LogP) is 2.95. The summed E-state index contributed by atoms with van der Waals surface area (Å²) in [5.41, 5.74) is -0.388. The van der Waals surface area contributed by atoms with Gasteiger partial charge in [0, 0.05) is 12.5 Å². The topological polar surface area (TPSA) is 110 Å². The van der Waals surface area contributed by atoms with E-state index >= 15 is 0 Å². The SMILES string of the molecule is C=C(C)C(=O)OCCCCCCCC(CCOC(C)=O)P(=O)(O)O. The molecule has 0 aromatic carbocycles. The fourth-order valence-electron chi connectivity index (χ4n) is 2.12. The smallest absolute Gasteiger partial charge is 0.333 e. The number of carbonyl (C=O) groups excluding carboxylic acids is 2. The summed E-state index contributed by atoms with van der Waals surface area (Å²) in [6, 6.07) is 0. The first-order valence-electron chi connectivity index (χ1n) is 8.15. The lowest BCUT2D eigenvalue weighted by Gasteiger charge is -2.18. The minimum absolute atomic E-state index is 0.0270. The van der Waals surface area contributed by atoms with Gasteiger partial charge in [0.1, 0.15) is 0 Å². The van der Waals surface area contributed by atoms with Gasteiger partial charge in [0.25, 0.3) is 0 Å². The van der Waals surface area contributed by atoms with Crippen LogP contribution in [0.15, 0.2) is 12.2 Å². The van der Waals surface area contributed by atoms with Crippen LogP contribution in [-0.4, -0.2) is 40.6 Å². The molecule has 0 radical (unpaired) electrons. The van der Waals surface area contributed by atoms with Gasteiger partial charge in [-0.05, 0) is 26.2 Å². The van der Waals surface area contributed by atoms with Crippen LogP contribution in [0.4, 0.5) is 0 Å². The van der Waals surface area contributed by atoms with Gasteiger partial charge in [-0.15, -0.1) is 0 Å². The van der Waals surface area contributed by atoms with Gasteiger partial charge in [0.2, 0.25) is 0 Å². The van der Waals surface area contributed by atoms with Gasteiger partial charge in [0.15, 0.2) is 0 Å². The van der Waals surface area contributed by atoms with Crippen LogP contribution in [-0.2, 0) is 23.6 Å². The standard InChI is InChI=1S/C16H29O7P/c1-13(2)16(18)23-11-8-6-4-5-7-9-15(24(19,20)21)10-12-22-14(3)17/h15H,1,4-12H2,2-3H3,(H2,19,20,21). The van der Waals surface area contributed by atoms with Crippen LogP contribution < -0.4 is 0 Å². The molecule has 140 valence electrons. The van der Waals surface area contributed by atoms with Crippen LogP contribution in [0.1, 0.15) is 58.8 Å². The lowest BCUT2D eigenvalue weighted by atomic mass is 10.1. The number of unbranched alkanes of at least 4 members (excludes halogenated alkanes) is 4. The maximum absolute atomic E-state index is 11.4. The van der Waals surface area contributed by atoms with Crippen molar-refractivity contribution in [3.05, 3.63) is 12.2 Å². The molecule has 1 atom stereocenters. The van der Waals surface area contributed by atoms with Gasteiger partial charge in [-0.3, -0.25) is 9.36 Å². The Hall–Kier alpha value is -1.17. The number of esters is 2. The van der Waals surface area contributed by atoms with Crippen molar-refractivity contribution in [2.45, 2.75) is 64.5 Å². The molecule has 0 heterocycles. The lowest BCUT2D eigenvalue weighted by Crippen LogP contribution is -2.13. The van der Waals surface area contributed by atoms with E-state index in [2.05, 4.69) is 6.58 Å². The van der Waals surface area contributed by atoms with E-state index in [1.807, 2.05) is 0 Å². The van der Waals surface area contributed by atoms with Crippen LogP contribution in [0.25, 0.3) is 0 Å². The second-order valence-corrected chi connectivity index (χ2v) is 7.75. The fraction of sp³-hybridized carbons (Fsp3) is 0.750. The number of carbonyl (C=O) groups is 2. The predicted molar refractivity (Wildman–Crippen MR) is 90.6 cm³/mol. The highest BCUT2D eigenvalue weighted by Crippen LogP contribution is 2.45. The molecule has 0 aromatic rings. The van der Waals surface area contributed by atoms with E-state index < -0.39 is 19.2 Å². The van der Waals surface area contributed by atoms with Crippen molar-refractivity contribution in [3.63, 3.8) is 0 Å². The van der Waals surface area contributed by atoms with Crippen molar-refractivity contribution in [3.8, 4) is 0 Å². The molecule has 0 aliphatic heterocycles. The average molecular weight is 364 g/mol. The first-order chi connectivity index (χ1) is 11.1. The van der Waals surface area contributed by atoms with Crippen molar-refractivity contribution in [1.82, 2.24) is 0 Å². The Balaban J connectivity index is 3.80. The molecule has 0 rings (SSSR count). The number of hydrogen-bond donors (Lipinski definition) is 2. The Kier molecular flexibility index (Phi) is 11.6. The van der Waals surface area contributed by atoms with Crippen LogP contribution in [0.3, 0.4) is 0 Å². The zero-order valence-electron chi connectivity index (χ0n) is 14.5. The highest BCUT2D eigenvalue weighted by atomic mass is 31.2. The minimum atomic E-state index is -4.18. The molecule has 8 heteroatoms. The van der Waals surface area contributed by atoms with Crippen molar-refractivity contribution in [2.24, 2.45) is 0 Å². The van der Waals surface area contributed by atoms with Gasteiger partial charge in [0.05, 0.1) is 18.9 Å². The third-order valence-electron chi connectivity index (χ3n) is 3.50. The molecular formula is C16H29O7P. The molecule has 0 fully saturated rings. The highest BCUT2D eigenvalue weighted by molar-refractivity contribution is 7.52. The summed E-state index contributed by atoms with van der Waals surface area (Å²) in [5, 5.41) is 0. The van der Waals surface area contributed by atoms with Gasteiger partial charge >= 0.3 is 19.5 Å². The molecule has 0 bridgehead atoms. The summed E-state index contributed by atoms with van der Waals surface area (Å²) >= 11 is 0. The molecule has 2 N–H and O–H groups in total. The van der Waals surface area contributed by atoms with Crippen molar-refractivity contribution >= 4 is 19.5 Å². The molecular weight excluding hydrogens is 335 g/mol. The molecule has 0 aromatic heterocycles. The number of hydrogen-bond acceptors (Lipinski definition) is 5. The zero-order valence-corrected chi connectivity index (χ0v) is 15.4. The summed E-state index contributed by atoms with van der Waals surface area (Å²) < 4.78 is 21.1. The van der Waals surface area contributed by atoms with Crippen LogP contribution in [0.2, 0.25) is 0 Å². The van der Waals surface area contributed by atoms with E-state index in [0.29, 0.717) is 25.0 Å². The lowest BCUT2D eigenvalue weighted by molar-refractivity contribution is -0.141. The molecule has 7 nitrogen and oxygen atoms in total. The van der Waals surface area contributed by atoms with E-state index in [9.17, 15) is 23.9 Å². The largest absolute Gasteiger partial charge is 0.466 e. The maximum atomic E-state index is 11.4. The van der Waals surface area contributed by atoms with Crippen LogP contribution >= 0.6 is 7.60 Å². The monoisotopic (exact) mass is 364 g/mol. The van der Waals surface area contributed by atoms with Crippen molar-refractivity contribution < 1.29 is 33.4 Å². The molecule has 0 aliphatic rings. The molecule has 24 heavy (non-hydrogen) atoms. The van der Waals surface area contributed by atoms with Gasteiger partial charge in [-0.2, -0.15) is 0 Å². The van der Waals surface area contributed by atoms with E-state index in [0.717, 1.165) is 25.7 Å². The quantitative estimate of drug-likeness (QED) is 0.224. The van der Waals surface area contributed by atoms with Crippen molar-refractivity contribution in [2.75, 3.05) is 13.2 Å². The van der Waals surface area contributed by atoms with Crippen LogP contribution in [0.5, 0.6) is 0 Å². The second kappa shape index (κ2) is 12.2. The Bertz CT molecular complexity index is 455. The van der Waals surface area contributed by atoms with E-state index in [4.69, 9.17) is 9.47 Å². The molecule has 1 unspecified atom stereocenters. The Morgan fingerprint density at radius 1 is 0.958 bits per heavy atom. The summed E-state index contributed by atoms with van der Waals surface area (Å²) in [5.74, 6) is -0.834. The Morgan fingerprint density at radius 3 is 2.08 bits per heavy atom. The van der Waals surface area contributed by atoms with Gasteiger partial charge in [-0.25, -0.2) is 4.79 Å². The summed E-state index contributed by atoms with van der Waals surface area (Å²) in [6.07, 6.45) is 4.66. The summed E-state index contributed by atoms with van der Waals surface area (Å²) in [4.78, 5) is 40.5. The van der Waals surface area contributed by atoms with Crippen LogP contribution in [0, 0.1) is 0 Å². The first-order valence-corrected chi connectivity index (χ1v) is 9.84. The number of rotatable bonds is 13. The third-order valence-corrected chi connectivity index (χ3v) is 4.96. The van der Waals surface area contributed by atoms with Crippen molar-refractivity contribution in [1.29, 1.82) is 0 Å². The molecule has 0 spiro atoms. The van der Waals surface area contributed by atoms with E-state index in [1.54, 1.807) is 6.92 Å². The molecule has 0 saturated heterocycles. The average Bonchev–Trinajstić information content (AvgIpc) is 2.46. The first kappa shape index (κ1) is 22.8. The zero-order chi connectivity index (χ0) is 18.6. The maximum Gasteiger partial charge on any atom is 0.333 e. The molecule has 0 amide bonds. The number of ether oxygens (including phenoxy) is 2. The fourth-order valence-corrected chi connectivity index (χ4v) is 3.08. The van der Waals surface area contributed by atoms with E-state index in [-0.39, 0.29) is 19.0 Å². The molecule has 0 saturated carbocycles. The van der Waals surface area contributed by atoms with Gasteiger partial charge < -0.3 is 19.3 Å². The Morgan fingerprint density at radius 2 is 1.54 bits per heavy atom. The minimum Gasteiger partial charge on any atom is -0.466 e. The second-order valence-electron chi connectivity index (χ2n) is 5.84. The normalized spacial score (nSPS) is 12.5. The summed E-state index contributed by atoms with van der Waals surface area (Å²) in [6.45, 7) is 6.75. The highest BCUT2D eigenvalue weighted by Gasteiger charge is 2.28. The summed E-state index contributed by atoms with van der Waals surface area (Å²) in [7, 11) is -4.18. The van der Waals surface area contributed by atoms with E-state index in [1.165, 1.54) is 6.92 Å². The Labute approximate surface area is 143 Å².